The predicted octanol–water partition coefficient (Wildman–Crippen LogP) is 2.83. The molecule has 1 amide bonds. The van der Waals surface area contributed by atoms with Crippen molar-refractivity contribution in [2.24, 2.45) is 5.92 Å². The van der Waals surface area contributed by atoms with Crippen LogP contribution in [0.3, 0.4) is 0 Å². The Hall–Kier alpha value is -3.02. The van der Waals surface area contributed by atoms with Crippen molar-refractivity contribution in [2.45, 2.75) is 6.42 Å². The molecular formula is C19H19NO5. The van der Waals surface area contributed by atoms with Crippen LogP contribution in [-0.2, 0) is 4.79 Å². The van der Waals surface area contributed by atoms with Gasteiger partial charge in [-0.15, -0.1) is 0 Å². The lowest BCUT2D eigenvalue weighted by molar-refractivity contribution is -0.117. The number of rotatable bonds is 6. The number of carbonyl (C=O) groups excluding carboxylic acids is 1. The average Bonchev–Trinajstić information content (AvgIpc) is 3.01. The van der Waals surface area contributed by atoms with Crippen molar-refractivity contribution < 1.29 is 24.2 Å². The summed E-state index contributed by atoms with van der Waals surface area (Å²) in [5.41, 5.74) is 1.06. The maximum Gasteiger partial charge on any atom is 0.335 e. The lowest BCUT2D eigenvalue weighted by Crippen LogP contribution is -2.25. The lowest BCUT2D eigenvalue weighted by atomic mass is 10.1. The second-order valence-electron chi connectivity index (χ2n) is 5.91. The fraction of sp³-hybridized carbons (Fsp3) is 0.263. The molecule has 0 aromatic heterocycles. The number of carboxylic acid groups (broad SMARTS) is 1. The van der Waals surface area contributed by atoms with Crippen molar-refractivity contribution >= 4 is 17.6 Å². The van der Waals surface area contributed by atoms with Crippen LogP contribution in [0.25, 0.3) is 0 Å². The van der Waals surface area contributed by atoms with Gasteiger partial charge in [0.2, 0.25) is 5.91 Å². The molecule has 1 aliphatic rings. The molecule has 1 unspecified atom stereocenters. The fourth-order valence-electron chi connectivity index (χ4n) is 2.81. The van der Waals surface area contributed by atoms with E-state index in [1.807, 2.05) is 24.3 Å². The van der Waals surface area contributed by atoms with Crippen molar-refractivity contribution in [1.29, 1.82) is 0 Å². The van der Waals surface area contributed by atoms with Crippen molar-refractivity contribution in [3.63, 3.8) is 0 Å². The first kappa shape index (κ1) is 16.8. The number of ether oxygens (including phenoxy) is 2. The van der Waals surface area contributed by atoms with Crippen molar-refractivity contribution in [3.8, 4) is 11.5 Å². The van der Waals surface area contributed by atoms with Crippen molar-refractivity contribution in [2.75, 3.05) is 25.2 Å². The molecule has 6 heteroatoms. The third-order valence-corrected chi connectivity index (χ3v) is 4.18. The highest BCUT2D eigenvalue weighted by Gasteiger charge is 2.31. The Balaban J connectivity index is 1.57. The molecule has 0 saturated carbocycles. The predicted molar refractivity (Wildman–Crippen MR) is 92.4 cm³/mol. The van der Waals surface area contributed by atoms with Crippen molar-refractivity contribution in [3.05, 3.63) is 54.1 Å². The second-order valence-corrected chi connectivity index (χ2v) is 5.91. The molecule has 0 spiro atoms. The fourth-order valence-corrected chi connectivity index (χ4v) is 2.81. The zero-order valence-electron chi connectivity index (χ0n) is 13.8. The number of methoxy groups -OCH3 is 1. The van der Waals surface area contributed by atoms with E-state index in [1.165, 1.54) is 12.1 Å². The minimum absolute atomic E-state index is 0.0694. The maximum absolute atomic E-state index is 12.2. The van der Waals surface area contributed by atoms with Crippen LogP contribution in [0.1, 0.15) is 16.8 Å². The van der Waals surface area contributed by atoms with Gasteiger partial charge in [0.05, 0.1) is 19.3 Å². The molecular weight excluding hydrogens is 322 g/mol. The van der Waals surface area contributed by atoms with E-state index < -0.39 is 5.97 Å². The Morgan fingerprint density at radius 2 is 1.76 bits per heavy atom. The zero-order chi connectivity index (χ0) is 17.8. The van der Waals surface area contributed by atoms with Gasteiger partial charge in [0.25, 0.3) is 0 Å². The van der Waals surface area contributed by atoms with Gasteiger partial charge in [-0.25, -0.2) is 4.79 Å². The van der Waals surface area contributed by atoms with Gasteiger partial charge in [0.15, 0.2) is 0 Å². The van der Waals surface area contributed by atoms with Crippen LogP contribution in [0.5, 0.6) is 11.5 Å². The van der Waals surface area contributed by atoms with Crippen molar-refractivity contribution in [1.82, 2.24) is 0 Å². The largest absolute Gasteiger partial charge is 0.497 e. The number of hydrogen-bond acceptors (Lipinski definition) is 4. The van der Waals surface area contributed by atoms with E-state index in [-0.39, 0.29) is 17.4 Å². The Morgan fingerprint density at radius 3 is 2.36 bits per heavy atom. The monoisotopic (exact) mass is 341 g/mol. The molecule has 1 atom stereocenters. The molecule has 25 heavy (non-hydrogen) atoms. The van der Waals surface area contributed by atoms with Crippen LogP contribution >= 0.6 is 0 Å². The third kappa shape index (κ3) is 3.91. The first-order valence-corrected chi connectivity index (χ1v) is 7.97. The summed E-state index contributed by atoms with van der Waals surface area (Å²) in [6.45, 7) is 1.00. The van der Waals surface area contributed by atoms with Gasteiger partial charge in [0, 0.05) is 24.6 Å². The molecule has 0 bridgehead atoms. The van der Waals surface area contributed by atoms with E-state index >= 15 is 0 Å². The Labute approximate surface area is 145 Å². The van der Waals surface area contributed by atoms with Crippen LogP contribution in [-0.4, -0.2) is 37.2 Å². The molecule has 0 aliphatic carbocycles. The number of amides is 1. The lowest BCUT2D eigenvalue weighted by Gasteiger charge is -2.17. The maximum atomic E-state index is 12.2. The van der Waals surface area contributed by atoms with Gasteiger partial charge >= 0.3 is 5.97 Å². The SMILES string of the molecule is COc1ccc(N2CC(COc3ccc(C(=O)O)cc3)CC2=O)cc1. The van der Waals surface area contributed by atoms with Gasteiger partial charge < -0.3 is 19.5 Å². The number of carbonyl (C=O) groups is 2. The number of carboxylic acids is 1. The van der Waals surface area contributed by atoms with Crippen LogP contribution in [0.15, 0.2) is 48.5 Å². The molecule has 130 valence electrons. The van der Waals surface area contributed by atoms with E-state index in [1.54, 1.807) is 24.1 Å². The molecule has 1 aliphatic heterocycles. The minimum Gasteiger partial charge on any atom is -0.497 e. The number of anilines is 1. The number of aromatic carboxylic acids is 1. The molecule has 6 nitrogen and oxygen atoms in total. The summed E-state index contributed by atoms with van der Waals surface area (Å²) in [5.74, 6) is 0.539. The standard InChI is InChI=1S/C19H19NO5/c1-24-16-8-4-15(5-9-16)20-11-13(10-18(20)21)12-25-17-6-2-14(3-7-17)19(22)23/h2-9,13H,10-12H2,1H3,(H,22,23). The molecule has 1 N–H and O–H groups in total. The Kier molecular flexibility index (Phi) is 4.88. The number of benzene rings is 2. The summed E-state index contributed by atoms with van der Waals surface area (Å²) in [4.78, 5) is 24.8. The molecule has 1 heterocycles. The summed E-state index contributed by atoms with van der Waals surface area (Å²) in [6.07, 6.45) is 0.430. The minimum atomic E-state index is -0.969. The molecule has 2 aromatic rings. The highest BCUT2D eigenvalue weighted by atomic mass is 16.5. The smallest absolute Gasteiger partial charge is 0.335 e. The van der Waals surface area contributed by atoms with E-state index in [9.17, 15) is 9.59 Å². The third-order valence-electron chi connectivity index (χ3n) is 4.18. The van der Waals surface area contributed by atoms with E-state index in [2.05, 4.69) is 0 Å². The molecule has 3 rings (SSSR count). The summed E-state index contributed by atoms with van der Waals surface area (Å²) >= 11 is 0. The summed E-state index contributed by atoms with van der Waals surface area (Å²) in [7, 11) is 1.60. The zero-order valence-corrected chi connectivity index (χ0v) is 13.8. The summed E-state index contributed by atoms with van der Waals surface area (Å²) < 4.78 is 10.8. The van der Waals surface area contributed by atoms with E-state index in [0.29, 0.717) is 25.3 Å². The van der Waals surface area contributed by atoms with Gasteiger partial charge in [-0.05, 0) is 48.5 Å². The van der Waals surface area contributed by atoms with E-state index in [0.717, 1.165) is 11.4 Å². The van der Waals surface area contributed by atoms with Gasteiger partial charge in [0.1, 0.15) is 11.5 Å². The van der Waals surface area contributed by atoms with Crippen LogP contribution in [0.4, 0.5) is 5.69 Å². The van der Waals surface area contributed by atoms with Crippen LogP contribution < -0.4 is 14.4 Å². The highest BCUT2D eigenvalue weighted by Crippen LogP contribution is 2.27. The molecule has 1 fully saturated rings. The second kappa shape index (κ2) is 7.25. The number of nitrogens with zero attached hydrogens (tertiary/aromatic N) is 1. The first-order valence-electron chi connectivity index (χ1n) is 7.97. The molecule has 2 aromatic carbocycles. The van der Waals surface area contributed by atoms with Gasteiger partial charge in [-0.2, -0.15) is 0 Å². The van der Waals surface area contributed by atoms with Crippen LogP contribution in [0, 0.1) is 5.92 Å². The van der Waals surface area contributed by atoms with Gasteiger partial charge in [-0.3, -0.25) is 4.79 Å². The number of hydrogen-bond donors (Lipinski definition) is 1. The summed E-state index contributed by atoms with van der Waals surface area (Å²) in [5, 5.41) is 8.89. The quantitative estimate of drug-likeness (QED) is 0.874. The van der Waals surface area contributed by atoms with Gasteiger partial charge in [-0.1, -0.05) is 0 Å². The topological polar surface area (TPSA) is 76.1 Å². The molecule has 0 radical (unpaired) electrons. The highest BCUT2D eigenvalue weighted by molar-refractivity contribution is 5.95. The van der Waals surface area contributed by atoms with E-state index in [4.69, 9.17) is 14.6 Å². The van der Waals surface area contributed by atoms with Crippen LogP contribution in [0.2, 0.25) is 0 Å². The first-order chi connectivity index (χ1) is 12.1. The Bertz CT molecular complexity index is 754. The summed E-state index contributed by atoms with van der Waals surface area (Å²) in [6, 6.07) is 13.6. The Morgan fingerprint density at radius 1 is 1.12 bits per heavy atom. The molecule has 1 saturated heterocycles. The average molecular weight is 341 g/mol. The normalized spacial score (nSPS) is 16.8.